The van der Waals surface area contributed by atoms with E-state index in [-0.39, 0.29) is 6.04 Å². The van der Waals surface area contributed by atoms with Crippen LogP contribution in [0.3, 0.4) is 0 Å². The number of amides is 2. The van der Waals surface area contributed by atoms with Gasteiger partial charge in [-0.2, -0.15) is 0 Å². The number of likely N-dealkylation sites (tertiary alicyclic amines) is 1. The van der Waals surface area contributed by atoms with Gasteiger partial charge in [-0.1, -0.05) is 30.3 Å². The summed E-state index contributed by atoms with van der Waals surface area (Å²) >= 11 is 0. The smallest absolute Gasteiger partial charge is 0.312 e. The number of likely N-dealkylation sites (N-methyl/N-ethyl adjacent to an activating group) is 1. The van der Waals surface area contributed by atoms with Crippen LogP contribution in [-0.2, 0) is 0 Å². The van der Waals surface area contributed by atoms with E-state index in [1.54, 1.807) is 0 Å². The van der Waals surface area contributed by atoms with E-state index in [0.29, 0.717) is 5.92 Å². The maximum Gasteiger partial charge on any atom is 0.312 e. The van der Waals surface area contributed by atoms with Crippen LogP contribution < -0.4 is 11.1 Å². The molecule has 0 aliphatic carbocycles. The number of nitrogens with zero attached hydrogens (tertiary/aromatic N) is 1. The van der Waals surface area contributed by atoms with E-state index < -0.39 is 6.03 Å². The summed E-state index contributed by atoms with van der Waals surface area (Å²) < 4.78 is 0. The molecular formula is C12H17N3O. The Hall–Kier alpha value is -1.55. The fourth-order valence-corrected chi connectivity index (χ4v) is 2.37. The average Bonchev–Trinajstić information content (AvgIpc) is 2.60. The third kappa shape index (κ3) is 2.33. The van der Waals surface area contributed by atoms with E-state index in [4.69, 9.17) is 5.73 Å². The van der Waals surface area contributed by atoms with Crippen LogP contribution in [-0.4, -0.2) is 37.1 Å². The number of hydrogen-bond acceptors (Lipinski definition) is 2. The van der Waals surface area contributed by atoms with Gasteiger partial charge in [-0.15, -0.1) is 0 Å². The Morgan fingerprint density at radius 2 is 2.06 bits per heavy atom. The van der Waals surface area contributed by atoms with Gasteiger partial charge in [0.15, 0.2) is 0 Å². The van der Waals surface area contributed by atoms with E-state index in [2.05, 4.69) is 29.4 Å². The van der Waals surface area contributed by atoms with Crippen LogP contribution in [0.25, 0.3) is 0 Å². The highest BCUT2D eigenvalue weighted by molar-refractivity contribution is 5.72. The maximum atomic E-state index is 10.9. The summed E-state index contributed by atoms with van der Waals surface area (Å²) in [5.41, 5.74) is 6.44. The summed E-state index contributed by atoms with van der Waals surface area (Å²) in [6.45, 7) is 1.80. The first-order chi connectivity index (χ1) is 7.66. The normalized spacial score (nSPS) is 25.6. The minimum atomic E-state index is -0.443. The Morgan fingerprint density at radius 1 is 1.38 bits per heavy atom. The van der Waals surface area contributed by atoms with Crippen LogP contribution in [0.2, 0.25) is 0 Å². The molecule has 86 valence electrons. The van der Waals surface area contributed by atoms with Gasteiger partial charge in [0.1, 0.15) is 0 Å². The molecule has 16 heavy (non-hydrogen) atoms. The van der Waals surface area contributed by atoms with Gasteiger partial charge in [0.05, 0.1) is 6.04 Å². The van der Waals surface area contributed by atoms with Crippen LogP contribution in [0, 0.1) is 0 Å². The van der Waals surface area contributed by atoms with Crippen molar-refractivity contribution in [2.75, 3.05) is 20.1 Å². The van der Waals surface area contributed by atoms with Crippen LogP contribution in [0.1, 0.15) is 11.5 Å². The number of carbonyl (C=O) groups excluding carboxylic acids is 1. The topological polar surface area (TPSA) is 58.4 Å². The number of carbonyl (C=O) groups is 1. The summed E-state index contributed by atoms with van der Waals surface area (Å²) in [5, 5.41) is 2.82. The molecule has 4 heteroatoms. The molecule has 1 saturated heterocycles. The molecule has 1 aliphatic rings. The number of primary amides is 1. The maximum absolute atomic E-state index is 10.9. The van der Waals surface area contributed by atoms with E-state index in [0.717, 1.165) is 13.1 Å². The van der Waals surface area contributed by atoms with Crippen LogP contribution in [0.5, 0.6) is 0 Å². The standard InChI is InChI=1S/C12H17N3O/c1-15-7-10(9-5-3-2-4-6-9)11(8-15)14-12(13)16/h2-6,10-11H,7-8H2,1H3,(H3,13,14,16)/t10-,11+/m1/s1. The highest BCUT2D eigenvalue weighted by atomic mass is 16.2. The molecule has 1 fully saturated rings. The van der Waals surface area contributed by atoms with Gasteiger partial charge in [0.2, 0.25) is 0 Å². The SMILES string of the molecule is CN1C[C@H](NC(N)=O)[C@@H](c2ccccc2)C1. The molecule has 0 unspecified atom stereocenters. The first-order valence-electron chi connectivity index (χ1n) is 5.46. The highest BCUT2D eigenvalue weighted by Crippen LogP contribution is 2.26. The van der Waals surface area contributed by atoms with E-state index in [1.807, 2.05) is 18.2 Å². The van der Waals surface area contributed by atoms with Crippen molar-refractivity contribution in [3.8, 4) is 0 Å². The molecule has 1 heterocycles. The molecule has 1 aromatic rings. The van der Waals surface area contributed by atoms with Crippen LogP contribution in [0.4, 0.5) is 4.79 Å². The molecule has 3 N–H and O–H groups in total. The van der Waals surface area contributed by atoms with Crippen molar-refractivity contribution in [1.82, 2.24) is 10.2 Å². The molecule has 1 aromatic carbocycles. The third-order valence-corrected chi connectivity index (χ3v) is 3.06. The van der Waals surface area contributed by atoms with Gasteiger partial charge < -0.3 is 16.0 Å². The molecule has 2 amide bonds. The first kappa shape index (κ1) is 11.0. The quantitative estimate of drug-likeness (QED) is 0.771. The van der Waals surface area contributed by atoms with E-state index in [1.165, 1.54) is 5.56 Å². The lowest BCUT2D eigenvalue weighted by Gasteiger charge is -2.18. The lowest BCUT2D eigenvalue weighted by Crippen LogP contribution is -2.42. The van der Waals surface area contributed by atoms with Crippen LogP contribution in [0.15, 0.2) is 30.3 Å². The van der Waals surface area contributed by atoms with Gasteiger partial charge in [-0.3, -0.25) is 0 Å². The number of benzene rings is 1. The second-order valence-corrected chi connectivity index (χ2v) is 4.35. The Balaban J connectivity index is 2.15. The number of hydrogen-bond donors (Lipinski definition) is 2. The molecule has 0 radical (unpaired) electrons. The lowest BCUT2D eigenvalue weighted by molar-refractivity contribution is 0.244. The molecule has 2 rings (SSSR count). The van der Waals surface area contributed by atoms with Gasteiger partial charge in [0, 0.05) is 19.0 Å². The first-order valence-corrected chi connectivity index (χ1v) is 5.46. The van der Waals surface area contributed by atoms with Crippen molar-refractivity contribution in [2.45, 2.75) is 12.0 Å². The summed E-state index contributed by atoms with van der Waals surface area (Å²) in [4.78, 5) is 13.1. The van der Waals surface area contributed by atoms with Crippen molar-refractivity contribution in [3.63, 3.8) is 0 Å². The summed E-state index contributed by atoms with van der Waals surface area (Å²) in [6.07, 6.45) is 0. The van der Waals surface area contributed by atoms with E-state index in [9.17, 15) is 4.79 Å². The fraction of sp³-hybridized carbons (Fsp3) is 0.417. The molecule has 2 atom stereocenters. The largest absolute Gasteiger partial charge is 0.352 e. The van der Waals surface area contributed by atoms with Gasteiger partial charge in [0.25, 0.3) is 0 Å². The number of urea groups is 1. The molecular weight excluding hydrogens is 202 g/mol. The summed E-state index contributed by atoms with van der Waals surface area (Å²) in [7, 11) is 2.05. The Kier molecular flexibility index (Phi) is 3.10. The third-order valence-electron chi connectivity index (χ3n) is 3.06. The highest BCUT2D eigenvalue weighted by Gasteiger charge is 2.32. The predicted octanol–water partition coefficient (Wildman–Crippen LogP) is 0.752. The Bertz CT molecular complexity index is 366. The minimum Gasteiger partial charge on any atom is -0.352 e. The number of nitrogens with one attached hydrogen (secondary N) is 1. The Labute approximate surface area is 95.4 Å². The molecule has 0 aromatic heterocycles. The van der Waals surface area contributed by atoms with Crippen molar-refractivity contribution >= 4 is 6.03 Å². The van der Waals surface area contributed by atoms with Gasteiger partial charge >= 0.3 is 6.03 Å². The zero-order valence-electron chi connectivity index (χ0n) is 9.39. The second kappa shape index (κ2) is 4.53. The van der Waals surface area contributed by atoms with Crippen molar-refractivity contribution in [2.24, 2.45) is 5.73 Å². The molecule has 0 bridgehead atoms. The number of nitrogens with two attached hydrogens (primary N) is 1. The lowest BCUT2D eigenvalue weighted by atomic mass is 9.94. The zero-order chi connectivity index (χ0) is 11.5. The Morgan fingerprint density at radius 3 is 2.69 bits per heavy atom. The van der Waals surface area contributed by atoms with Crippen molar-refractivity contribution < 1.29 is 4.79 Å². The molecule has 1 aliphatic heterocycles. The number of rotatable bonds is 2. The monoisotopic (exact) mass is 219 g/mol. The molecule has 0 saturated carbocycles. The minimum absolute atomic E-state index is 0.116. The van der Waals surface area contributed by atoms with Crippen molar-refractivity contribution in [3.05, 3.63) is 35.9 Å². The zero-order valence-corrected chi connectivity index (χ0v) is 9.39. The molecule has 0 spiro atoms. The van der Waals surface area contributed by atoms with Gasteiger partial charge in [-0.25, -0.2) is 4.79 Å². The second-order valence-electron chi connectivity index (χ2n) is 4.35. The van der Waals surface area contributed by atoms with Gasteiger partial charge in [-0.05, 0) is 12.6 Å². The summed E-state index contributed by atoms with van der Waals surface area (Å²) in [6, 6.07) is 9.91. The average molecular weight is 219 g/mol. The van der Waals surface area contributed by atoms with E-state index >= 15 is 0 Å². The predicted molar refractivity (Wildman–Crippen MR) is 63.2 cm³/mol. The molecule has 4 nitrogen and oxygen atoms in total. The fourth-order valence-electron chi connectivity index (χ4n) is 2.37. The summed E-state index contributed by atoms with van der Waals surface area (Å²) in [5.74, 6) is 0.332. The van der Waals surface area contributed by atoms with Crippen molar-refractivity contribution in [1.29, 1.82) is 0 Å². The van der Waals surface area contributed by atoms with Crippen LogP contribution >= 0.6 is 0 Å².